The summed E-state index contributed by atoms with van der Waals surface area (Å²) in [7, 11) is 0. The van der Waals surface area contributed by atoms with Crippen LogP contribution in [0.2, 0.25) is 5.02 Å². The highest BCUT2D eigenvalue weighted by Gasteiger charge is 2.17. The number of nitrogens with one attached hydrogen (secondary N) is 1. The lowest BCUT2D eigenvalue weighted by molar-refractivity contribution is -0.121. The van der Waals surface area contributed by atoms with Crippen molar-refractivity contribution in [2.45, 2.75) is 13.5 Å². The number of carbonyl (C=O) groups is 2. The summed E-state index contributed by atoms with van der Waals surface area (Å²) in [6, 6.07) is 20.8. The molecule has 0 fully saturated rings. The monoisotopic (exact) mass is 380 g/mol. The quantitative estimate of drug-likeness (QED) is 0.694. The zero-order valence-electron chi connectivity index (χ0n) is 15.1. The van der Waals surface area contributed by atoms with E-state index in [0.717, 1.165) is 16.3 Å². The Bertz CT molecular complexity index is 954. The van der Waals surface area contributed by atoms with Crippen molar-refractivity contribution in [3.63, 3.8) is 0 Å². The lowest BCUT2D eigenvalue weighted by Gasteiger charge is -2.20. The number of likely N-dealkylation sites (N-methyl/N-ethyl adjacent to an activating group) is 1. The molecule has 0 saturated heterocycles. The topological polar surface area (TPSA) is 49.4 Å². The van der Waals surface area contributed by atoms with Crippen LogP contribution in [0, 0.1) is 0 Å². The van der Waals surface area contributed by atoms with E-state index in [4.69, 9.17) is 11.6 Å². The van der Waals surface area contributed by atoms with Gasteiger partial charge in [0.1, 0.15) is 0 Å². The highest BCUT2D eigenvalue weighted by Crippen LogP contribution is 2.17. The third kappa shape index (κ3) is 4.86. The summed E-state index contributed by atoms with van der Waals surface area (Å²) in [4.78, 5) is 26.6. The van der Waals surface area contributed by atoms with Crippen LogP contribution in [-0.2, 0) is 11.3 Å². The molecule has 3 aromatic carbocycles. The zero-order valence-corrected chi connectivity index (χ0v) is 15.9. The second kappa shape index (κ2) is 8.69. The Morgan fingerprint density at radius 1 is 0.963 bits per heavy atom. The average molecular weight is 381 g/mol. The van der Waals surface area contributed by atoms with E-state index in [2.05, 4.69) is 5.32 Å². The standard InChI is InChI=1S/C22H21ClN2O2/c1-2-25(15-21(26)24-14-16-7-11-20(23)12-8-16)22(27)19-10-9-17-5-3-4-6-18(17)13-19/h3-13H,2,14-15H2,1H3,(H,24,26). The van der Waals surface area contributed by atoms with Gasteiger partial charge in [0.25, 0.3) is 5.91 Å². The van der Waals surface area contributed by atoms with E-state index in [1.54, 1.807) is 23.1 Å². The van der Waals surface area contributed by atoms with Gasteiger partial charge in [-0.1, -0.05) is 54.1 Å². The molecule has 0 aliphatic carbocycles. The second-order valence-corrected chi connectivity index (χ2v) is 6.72. The first-order chi connectivity index (χ1) is 13.1. The van der Waals surface area contributed by atoms with Crippen LogP contribution >= 0.6 is 11.6 Å². The van der Waals surface area contributed by atoms with Gasteiger partial charge in [0.05, 0.1) is 6.54 Å². The lowest BCUT2D eigenvalue weighted by atomic mass is 10.1. The van der Waals surface area contributed by atoms with Gasteiger partial charge in [0, 0.05) is 23.7 Å². The van der Waals surface area contributed by atoms with Gasteiger partial charge in [-0.3, -0.25) is 9.59 Å². The number of fused-ring (bicyclic) bond motifs is 1. The first-order valence-corrected chi connectivity index (χ1v) is 9.24. The minimum Gasteiger partial charge on any atom is -0.350 e. The Hall–Kier alpha value is -2.85. The Morgan fingerprint density at radius 3 is 2.37 bits per heavy atom. The Balaban J connectivity index is 1.63. The van der Waals surface area contributed by atoms with E-state index in [-0.39, 0.29) is 18.4 Å². The fraction of sp³-hybridized carbons (Fsp3) is 0.182. The molecule has 0 bridgehead atoms. The summed E-state index contributed by atoms with van der Waals surface area (Å²) in [6.45, 7) is 2.75. The van der Waals surface area contributed by atoms with Gasteiger partial charge in [-0.15, -0.1) is 0 Å². The van der Waals surface area contributed by atoms with E-state index < -0.39 is 0 Å². The molecule has 3 aromatic rings. The van der Waals surface area contributed by atoms with Crippen molar-refractivity contribution in [2.24, 2.45) is 0 Å². The molecule has 0 spiro atoms. The summed E-state index contributed by atoms with van der Waals surface area (Å²) in [5, 5.41) is 5.59. The third-order valence-corrected chi connectivity index (χ3v) is 4.65. The minimum absolute atomic E-state index is 0.0236. The van der Waals surface area contributed by atoms with E-state index in [9.17, 15) is 9.59 Å². The maximum atomic E-state index is 12.8. The maximum Gasteiger partial charge on any atom is 0.254 e. The van der Waals surface area contributed by atoms with Gasteiger partial charge >= 0.3 is 0 Å². The molecule has 0 unspecified atom stereocenters. The summed E-state index contributed by atoms with van der Waals surface area (Å²) >= 11 is 5.86. The van der Waals surface area contributed by atoms with Crippen LogP contribution in [0.25, 0.3) is 10.8 Å². The number of hydrogen-bond acceptors (Lipinski definition) is 2. The number of halogens is 1. The molecule has 0 aromatic heterocycles. The highest BCUT2D eigenvalue weighted by molar-refractivity contribution is 6.30. The zero-order chi connectivity index (χ0) is 19.2. The molecule has 0 atom stereocenters. The smallest absolute Gasteiger partial charge is 0.254 e. The molecule has 0 aliphatic rings. The molecule has 138 valence electrons. The molecule has 2 amide bonds. The lowest BCUT2D eigenvalue weighted by Crippen LogP contribution is -2.40. The molecular formula is C22H21ClN2O2. The number of benzene rings is 3. The largest absolute Gasteiger partial charge is 0.350 e. The predicted molar refractivity (Wildman–Crippen MR) is 109 cm³/mol. The summed E-state index contributed by atoms with van der Waals surface area (Å²) < 4.78 is 0. The molecule has 1 N–H and O–H groups in total. The van der Waals surface area contributed by atoms with Crippen molar-refractivity contribution in [1.82, 2.24) is 10.2 Å². The molecule has 0 radical (unpaired) electrons. The minimum atomic E-state index is -0.194. The summed E-state index contributed by atoms with van der Waals surface area (Å²) in [5.41, 5.74) is 1.54. The molecule has 3 rings (SSSR count). The molecule has 27 heavy (non-hydrogen) atoms. The van der Waals surface area contributed by atoms with Gasteiger partial charge < -0.3 is 10.2 Å². The first-order valence-electron chi connectivity index (χ1n) is 8.86. The molecule has 0 aliphatic heterocycles. The number of rotatable bonds is 6. The van der Waals surface area contributed by atoms with Gasteiger partial charge in [0.2, 0.25) is 5.91 Å². The van der Waals surface area contributed by atoms with Gasteiger partial charge in [-0.05, 0) is 47.5 Å². The van der Waals surface area contributed by atoms with Crippen LogP contribution in [0.5, 0.6) is 0 Å². The fourth-order valence-corrected chi connectivity index (χ4v) is 2.99. The van der Waals surface area contributed by atoms with Crippen molar-refractivity contribution in [3.8, 4) is 0 Å². The second-order valence-electron chi connectivity index (χ2n) is 6.28. The fourth-order valence-electron chi connectivity index (χ4n) is 2.86. The van der Waals surface area contributed by atoms with Gasteiger partial charge in [0.15, 0.2) is 0 Å². The molecular weight excluding hydrogens is 360 g/mol. The summed E-state index contributed by atoms with van der Waals surface area (Å²) in [6.07, 6.45) is 0. The van der Waals surface area contributed by atoms with Crippen molar-refractivity contribution in [1.29, 1.82) is 0 Å². The Labute approximate surface area is 163 Å². The number of carbonyl (C=O) groups excluding carboxylic acids is 2. The van der Waals surface area contributed by atoms with E-state index >= 15 is 0 Å². The van der Waals surface area contributed by atoms with Crippen LogP contribution in [0.15, 0.2) is 66.7 Å². The van der Waals surface area contributed by atoms with E-state index in [1.165, 1.54) is 0 Å². The Kier molecular flexibility index (Phi) is 6.09. The van der Waals surface area contributed by atoms with Crippen LogP contribution in [0.3, 0.4) is 0 Å². The van der Waals surface area contributed by atoms with E-state index in [1.807, 2.05) is 55.5 Å². The van der Waals surface area contributed by atoms with Crippen LogP contribution < -0.4 is 5.32 Å². The summed E-state index contributed by atoms with van der Waals surface area (Å²) in [5.74, 6) is -0.342. The Morgan fingerprint density at radius 2 is 1.67 bits per heavy atom. The van der Waals surface area contributed by atoms with Crippen LogP contribution in [0.1, 0.15) is 22.8 Å². The van der Waals surface area contributed by atoms with Crippen molar-refractivity contribution < 1.29 is 9.59 Å². The van der Waals surface area contributed by atoms with Crippen LogP contribution in [0.4, 0.5) is 0 Å². The van der Waals surface area contributed by atoms with Crippen molar-refractivity contribution in [3.05, 3.63) is 82.9 Å². The maximum absolute atomic E-state index is 12.8. The third-order valence-electron chi connectivity index (χ3n) is 4.40. The highest BCUT2D eigenvalue weighted by atomic mass is 35.5. The van der Waals surface area contributed by atoms with Gasteiger partial charge in [-0.2, -0.15) is 0 Å². The van der Waals surface area contributed by atoms with E-state index in [0.29, 0.717) is 23.7 Å². The predicted octanol–water partition coefficient (Wildman–Crippen LogP) is 4.27. The number of nitrogens with zero attached hydrogens (tertiary/aromatic N) is 1. The molecule has 0 saturated carbocycles. The normalized spacial score (nSPS) is 10.6. The number of hydrogen-bond donors (Lipinski definition) is 1. The van der Waals surface area contributed by atoms with Crippen molar-refractivity contribution >= 4 is 34.2 Å². The van der Waals surface area contributed by atoms with Crippen LogP contribution in [-0.4, -0.2) is 29.8 Å². The molecule has 5 heteroatoms. The molecule has 0 heterocycles. The van der Waals surface area contributed by atoms with Crippen molar-refractivity contribution in [2.75, 3.05) is 13.1 Å². The SMILES string of the molecule is CCN(CC(=O)NCc1ccc(Cl)cc1)C(=O)c1ccc2ccccc2c1. The first kappa shape index (κ1) is 18.9. The van der Waals surface area contributed by atoms with Gasteiger partial charge in [-0.25, -0.2) is 0 Å². The molecule has 4 nitrogen and oxygen atoms in total. The number of amides is 2. The average Bonchev–Trinajstić information content (AvgIpc) is 2.70.